The first kappa shape index (κ1) is 5.95. The van der Waals surface area contributed by atoms with E-state index in [1.807, 2.05) is 0 Å². The molecule has 56 valence electrons. The third kappa shape index (κ3) is 0.607. The standard InChI is InChI=1S/C11H7N/c1-3-8-4-2-6-10-11(8)9(5-1)7-12-10/h1-7H/p+1. The van der Waals surface area contributed by atoms with E-state index in [0.717, 1.165) is 0 Å². The molecule has 1 aliphatic heterocycles. The maximum Gasteiger partial charge on any atom is 0.212 e. The lowest BCUT2D eigenvalue weighted by molar-refractivity contribution is -0.342. The minimum Gasteiger partial charge on any atom is -0.210 e. The van der Waals surface area contributed by atoms with Gasteiger partial charge in [-0.15, -0.1) is 0 Å². The second-order valence-electron chi connectivity index (χ2n) is 3.04. The lowest BCUT2D eigenvalue weighted by atomic mass is 10.1. The molecule has 1 heterocycles. The highest BCUT2D eigenvalue weighted by Gasteiger charge is 2.13. The highest BCUT2D eigenvalue weighted by molar-refractivity contribution is 6.06. The molecular weight excluding hydrogens is 146 g/mol. The van der Waals surface area contributed by atoms with Crippen molar-refractivity contribution in [3.63, 3.8) is 0 Å². The third-order valence-electron chi connectivity index (χ3n) is 2.32. The molecule has 3 rings (SSSR count). The van der Waals surface area contributed by atoms with Gasteiger partial charge in [-0.1, -0.05) is 24.3 Å². The average molecular weight is 154 g/mol. The Balaban J connectivity index is 2.64. The largest absolute Gasteiger partial charge is 0.212 e. The van der Waals surface area contributed by atoms with Gasteiger partial charge in [0.25, 0.3) is 0 Å². The third-order valence-corrected chi connectivity index (χ3v) is 2.32. The Bertz CT molecular complexity index is 443. The maximum atomic E-state index is 3.25. The van der Waals surface area contributed by atoms with Crippen LogP contribution in [0, 0.1) is 0 Å². The molecule has 0 fully saturated rings. The summed E-state index contributed by atoms with van der Waals surface area (Å²) < 4.78 is 0. The summed E-state index contributed by atoms with van der Waals surface area (Å²) in [7, 11) is 0. The normalized spacial score (nSPS) is 12.7. The summed E-state index contributed by atoms with van der Waals surface area (Å²) >= 11 is 0. The molecule has 0 radical (unpaired) electrons. The van der Waals surface area contributed by atoms with E-state index in [1.165, 1.54) is 22.0 Å². The molecule has 0 atom stereocenters. The molecule has 12 heavy (non-hydrogen) atoms. The zero-order valence-electron chi connectivity index (χ0n) is 6.54. The summed E-state index contributed by atoms with van der Waals surface area (Å²) in [6.45, 7) is 0. The Labute approximate surface area is 70.4 Å². The van der Waals surface area contributed by atoms with Crippen molar-refractivity contribution in [1.29, 1.82) is 0 Å². The molecule has 1 heteroatoms. The second kappa shape index (κ2) is 1.95. The molecule has 0 aliphatic carbocycles. The Kier molecular flexibility index (Phi) is 0.965. The van der Waals surface area contributed by atoms with Crippen LogP contribution in [-0.4, -0.2) is 6.21 Å². The van der Waals surface area contributed by atoms with Gasteiger partial charge in [-0.25, -0.2) is 4.99 Å². The molecule has 0 unspecified atom stereocenters. The Morgan fingerprint density at radius 2 is 1.75 bits per heavy atom. The smallest absolute Gasteiger partial charge is 0.210 e. The number of benzene rings is 2. The van der Waals surface area contributed by atoms with Gasteiger partial charge in [0.05, 0.1) is 10.9 Å². The number of nitrogens with one attached hydrogen (secondary N) is 1. The SMILES string of the molecule is C1=[NH+]c2cccc3cccc1c23. The molecule has 0 spiro atoms. The summed E-state index contributed by atoms with van der Waals surface area (Å²) in [5.41, 5.74) is 2.52. The number of hydrogen-bond acceptors (Lipinski definition) is 0. The molecule has 0 bridgehead atoms. The van der Waals surface area contributed by atoms with E-state index >= 15 is 0 Å². The van der Waals surface area contributed by atoms with Crippen molar-refractivity contribution in [1.82, 2.24) is 0 Å². The molecule has 1 nitrogen and oxygen atoms in total. The summed E-state index contributed by atoms with van der Waals surface area (Å²) in [4.78, 5) is 3.25. The van der Waals surface area contributed by atoms with Crippen LogP contribution in [0.5, 0.6) is 0 Å². The lowest BCUT2D eigenvalue weighted by Crippen LogP contribution is -2.59. The first-order chi connectivity index (χ1) is 5.95. The van der Waals surface area contributed by atoms with Crippen molar-refractivity contribution >= 4 is 22.7 Å². The van der Waals surface area contributed by atoms with Crippen LogP contribution in [0.15, 0.2) is 36.4 Å². The Morgan fingerprint density at radius 3 is 2.67 bits per heavy atom. The van der Waals surface area contributed by atoms with E-state index in [2.05, 4.69) is 47.6 Å². The topological polar surface area (TPSA) is 14.0 Å². The van der Waals surface area contributed by atoms with Crippen molar-refractivity contribution in [3.05, 3.63) is 42.0 Å². The van der Waals surface area contributed by atoms with Gasteiger partial charge in [-0.3, -0.25) is 0 Å². The first-order valence-electron chi connectivity index (χ1n) is 4.07. The zero-order chi connectivity index (χ0) is 7.97. The fourth-order valence-corrected chi connectivity index (χ4v) is 1.77. The van der Waals surface area contributed by atoms with E-state index < -0.39 is 0 Å². The van der Waals surface area contributed by atoms with Gasteiger partial charge in [0.15, 0.2) is 6.21 Å². The minimum absolute atomic E-state index is 1.23. The van der Waals surface area contributed by atoms with Crippen LogP contribution >= 0.6 is 0 Å². The van der Waals surface area contributed by atoms with Crippen molar-refractivity contribution in [3.8, 4) is 0 Å². The van der Waals surface area contributed by atoms with Crippen LogP contribution in [0.1, 0.15) is 5.56 Å². The molecule has 0 saturated heterocycles. The monoisotopic (exact) mass is 154 g/mol. The minimum atomic E-state index is 1.23. The first-order valence-corrected chi connectivity index (χ1v) is 4.07. The summed E-state index contributed by atoms with van der Waals surface area (Å²) in [5, 5.41) is 2.66. The summed E-state index contributed by atoms with van der Waals surface area (Å²) in [5.74, 6) is 0. The average Bonchev–Trinajstić information content (AvgIpc) is 2.52. The van der Waals surface area contributed by atoms with Gasteiger partial charge >= 0.3 is 0 Å². The number of hydrogen-bond donors (Lipinski definition) is 1. The molecule has 2 aromatic carbocycles. The zero-order valence-corrected chi connectivity index (χ0v) is 6.54. The van der Waals surface area contributed by atoms with Crippen molar-refractivity contribution < 1.29 is 4.99 Å². The molecular formula is C11H8N+. The second-order valence-corrected chi connectivity index (χ2v) is 3.04. The summed E-state index contributed by atoms with van der Waals surface area (Å²) in [6.07, 6.45) is 2.05. The van der Waals surface area contributed by atoms with Gasteiger partial charge in [-0.2, -0.15) is 0 Å². The highest BCUT2D eigenvalue weighted by Crippen LogP contribution is 2.24. The van der Waals surface area contributed by atoms with E-state index in [-0.39, 0.29) is 0 Å². The Hall–Kier alpha value is -1.63. The molecule has 0 aromatic heterocycles. The molecule has 1 aliphatic rings. The fourth-order valence-electron chi connectivity index (χ4n) is 1.77. The lowest BCUT2D eigenvalue weighted by Gasteiger charge is -1.94. The maximum absolute atomic E-state index is 3.25. The molecule has 0 amide bonds. The predicted octanol–water partition coefficient (Wildman–Crippen LogP) is 0.984. The Morgan fingerprint density at radius 1 is 0.917 bits per heavy atom. The van der Waals surface area contributed by atoms with E-state index in [0.29, 0.717) is 0 Å². The van der Waals surface area contributed by atoms with Crippen LogP contribution < -0.4 is 4.99 Å². The van der Waals surface area contributed by atoms with Crippen molar-refractivity contribution in [2.45, 2.75) is 0 Å². The van der Waals surface area contributed by atoms with E-state index in [4.69, 9.17) is 0 Å². The van der Waals surface area contributed by atoms with Crippen LogP contribution in [0.4, 0.5) is 5.69 Å². The van der Waals surface area contributed by atoms with E-state index in [9.17, 15) is 0 Å². The predicted molar refractivity (Wildman–Crippen MR) is 49.7 cm³/mol. The number of rotatable bonds is 0. The van der Waals surface area contributed by atoms with Crippen LogP contribution in [0.3, 0.4) is 0 Å². The molecule has 1 N–H and O–H groups in total. The van der Waals surface area contributed by atoms with Gasteiger partial charge in [0, 0.05) is 6.07 Å². The van der Waals surface area contributed by atoms with Gasteiger partial charge in [0.1, 0.15) is 0 Å². The van der Waals surface area contributed by atoms with Crippen molar-refractivity contribution in [2.24, 2.45) is 0 Å². The quantitative estimate of drug-likeness (QED) is 0.496. The summed E-state index contributed by atoms with van der Waals surface area (Å²) in [6, 6.07) is 12.7. The molecule has 0 saturated carbocycles. The van der Waals surface area contributed by atoms with Crippen LogP contribution in [0.2, 0.25) is 0 Å². The fraction of sp³-hybridized carbons (Fsp3) is 0. The van der Waals surface area contributed by atoms with Crippen LogP contribution in [0.25, 0.3) is 10.8 Å². The van der Waals surface area contributed by atoms with Gasteiger partial charge in [-0.05, 0) is 11.5 Å². The van der Waals surface area contributed by atoms with Gasteiger partial charge in [0.2, 0.25) is 5.69 Å². The van der Waals surface area contributed by atoms with Gasteiger partial charge < -0.3 is 0 Å². The molecule has 2 aromatic rings. The van der Waals surface area contributed by atoms with Crippen LogP contribution in [-0.2, 0) is 0 Å². The van der Waals surface area contributed by atoms with Crippen molar-refractivity contribution in [2.75, 3.05) is 0 Å². The highest BCUT2D eigenvalue weighted by atomic mass is 14.7. The van der Waals surface area contributed by atoms with E-state index in [1.54, 1.807) is 0 Å².